The van der Waals surface area contributed by atoms with E-state index in [1.54, 1.807) is 23.4 Å². The maximum atomic E-state index is 11.1. The van der Waals surface area contributed by atoms with Crippen LogP contribution in [0.2, 0.25) is 0 Å². The predicted octanol–water partition coefficient (Wildman–Crippen LogP) is -0.371. The van der Waals surface area contributed by atoms with Crippen LogP contribution in [0.5, 0.6) is 0 Å². The molecular formula is C10H15N5O4. The lowest BCUT2D eigenvalue weighted by Crippen LogP contribution is -2.50. The molecule has 0 saturated carbocycles. The fourth-order valence-corrected chi connectivity index (χ4v) is 2.25. The van der Waals surface area contributed by atoms with E-state index in [1.807, 2.05) is 0 Å². The van der Waals surface area contributed by atoms with Gasteiger partial charge in [-0.2, -0.15) is 0 Å². The normalized spacial score (nSPS) is 22.8. The van der Waals surface area contributed by atoms with Crippen LogP contribution in [0.1, 0.15) is 12.2 Å². The fourth-order valence-electron chi connectivity index (χ4n) is 2.25. The molecule has 1 aromatic heterocycles. The van der Waals surface area contributed by atoms with Crippen LogP contribution in [-0.2, 0) is 11.8 Å². The molecule has 0 spiro atoms. The Morgan fingerprint density at radius 1 is 1.63 bits per heavy atom. The number of nitrogens with zero attached hydrogens (tertiary/aromatic N) is 4. The zero-order chi connectivity index (χ0) is 14.4. The minimum atomic E-state index is -1.37. The Morgan fingerprint density at radius 3 is 2.74 bits per heavy atom. The van der Waals surface area contributed by atoms with Crippen molar-refractivity contribution in [3.8, 4) is 0 Å². The Kier molecular flexibility index (Phi) is 2.93. The van der Waals surface area contributed by atoms with Crippen LogP contribution in [-0.4, -0.2) is 44.2 Å². The maximum Gasteiger partial charge on any atom is 0.406 e. The third kappa shape index (κ3) is 2.01. The summed E-state index contributed by atoms with van der Waals surface area (Å²) in [7, 11) is 1.65. The van der Waals surface area contributed by atoms with Crippen molar-refractivity contribution in [2.45, 2.75) is 18.9 Å². The second-order valence-corrected chi connectivity index (χ2v) is 4.76. The molecule has 9 heteroatoms. The number of rotatable bonds is 3. The van der Waals surface area contributed by atoms with Crippen molar-refractivity contribution in [1.82, 2.24) is 9.55 Å². The maximum absolute atomic E-state index is 11.1. The molecule has 1 aliphatic heterocycles. The van der Waals surface area contributed by atoms with E-state index in [9.17, 15) is 14.9 Å². The molecule has 1 saturated heterocycles. The number of aryl methyl sites for hydroxylation is 1. The van der Waals surface area contributed by atoms with Crippen molar-refractivity contribution in [2.24, 2.45) is 12.8 Å². The van der Waals surface area contributed by atoms with E-state index < -0.39 is 16.4 Å². The third-order valence-electron chi connectivity index (χ3n) is 3.47. The predicted molar refractivity (Wildman–Crippen MR) is 66.0 cm³/mol. The van der Waals surface area contributed by atoms with Crippen molar-refractivity contribution < 1.29 is 14.8 Å². The molecule has 2 heterocycles. The first-order valence-electron chi connectivity index (χ1n) is 5.71. The summed E-state index contributed by atoms with van der Waals surface area (Å²) in [4.78, 5) is 27.0. The van der Waals surface area contributed by atoms with E-state index in [0.29, 0.717) is 18.2 Å². The lowest BCUT2D eigenvalue weighted by Gasteiger charge is -2.21. The highest BCUT2D eigenvalue weighted by Gasteiger charge is 2.44. The standard InChI is InChI=1S/C10H15N5O4/c1-6-12-7(15(18)19)8(13(6)2)14-4-3-10(11,5-14)9(16)17/h3-5,11H2,1-2H3,(H,16,17). The monoisotopic (exact) mass is 269 g/mol. The number of nitrogens with two attached hydrogens (primary N) is 1. The summed E-state index contributed by atoms with van der Waals surface area (Å²) >= 11 is 0. The molecule has 0 aliphatic carbocycles. The molecule has 0 bridgehead atoms. The van der Waals surface area contributed by atoms with Gasteiger partial charge in [-0.15, -0.1) is 0 Å². The third-order valence-corrected chi connectivity index (χ3v) is 3.47. The zero-order valence-electron chi connectivity index (χ0n) is 10.7. The van der Waals surface area contributed by atoms with Gasteiger partial charge in [0.1, 0.15) is 5.54 Å². The van der Waals surface area contributed by atoms with Crippen LogP contribution in [0.25, 0.3) is 0 Å². The number of carboxylic acid groups (broad SMARTS) is 1. The van der Waals surface area contributed by atoms with Crippen LogP contribution >= 0.6 is 0 Å². The second-order valence-electron chi connectivity index (χ2n) is 4.76. The summed E-state index contributed by atoms with van der Waals surface area (Å²) in [6, 6.07) is 0. The SMILES string of the molecule is Cc1nc([N+](=O)[O-])c(N2CCC(N)(C(=O)O)C2)n1C. The molecule has 2 rings (SSSR count). The molecule has 104 valence electrons. The molecular weight excluding hydrogens is 254 g/mol. The van der Waals surface area contributed by atoms with Crippen molar-refractivity contribution in [3.63, 3.8) is 0 Å². The number of hydrogen-bond donors (Lipinski definition) is 2. The first kappa shape index (κ1) is 13.3. The van der Waals surface area contributed by atoms with Crippen LogP contribution in [0.3, 0.4) is 0 Å². The molecule has 0 radical (unpaired) electrons. The number of hydrogen-bond acceptors (Lipinski definition) is 6. The average Bonchev–Trinajstić information content (AvgIpc) is 2.83. The van der Waals surface area contributed by atoms with Crippen molar-refractivity contribution in [2.75, 3.05) is 18.0 Å². The summed E-state index contributed by atoms with van der Waals surface area (Å²) in [5.41, 5.74) is 4.40. The quantitative estimate of drug-likeness (QED) is 0.565. The van der Waals surface area contributed by atoms with Crippen LogP contribution in [0.15, 0.2) is 0 Å². The van der Waals surface area contributed by atoms with Crippen LogP contribution < -0.4 is 10.6 Å². The van der Waals surface area contributed by atoms with Gasteiger partial charge in [0.2, 0.25) is 11.6 Å². The molecule has 19 heavy (non-hydrogen) atoms. The van der Waals surface area contributed by atoms with Gasteiger partial charge in [-0.3, -0.25) is 9.36 Å². The number of imidazole rings is 1. The van der Waals surface area contributed by atoms with Gasteiger partial charge in [0.15, 0.2) is 0 Å². The molecule has 3 N–H and O–H groups in total. The number of nitro groups is 1. The first-order valence-corrected chi connectivity index (χ1v) is 5.71. The van der Waals surface area contributed by atoms with E-state index in [1.165, 1.54) is 0 Å². The first-order chi connectivity index (χ1) is 8.76. The Hall–Kier alpha value is -2.16. The average molecular weight is 269 g/mol. The highest BCUT2D eigenvalue weighted by Crippen LogP contribution is 2.32. The molecule has 0 amide bonds. The molecule has 1 fully saturated rings. The van der Waals surface area contributed by atoms with Gasteiger partial charge < -0.3 is 25.9 Å². The van der Waals surface area contributed by atoms with Gasteiger partial charge in [0.05, 0.1) is 0 Å². The van der Waals surface area contributed by atoms with Crippen LogP contribution in [0.4, 0.5) is 11.6 Å². The number of anilines is 1. The number of carbonyl (C=O) groups is 1. The largest absolute Gasteiger partial charge is 0.480 e. The van der Waals surface area contributed by atoms with Gasteiger partial charge >= 0.3 is 11.8 Å². The highest BCUT2D eigenvalue weighted by atomic mass is 16.6. The van der Waals surface area contributed by atoms with Gasteiger partial charge in [0.25, 0.3) is 0 Å². The second kappa shape index (κ2) is 4.19. The van der Waals surface area contributed by atoms with Crippen molar-refractivity contribution in [3.05, 3.63) is 15.9 Å². The number of carboxylic acids is 1. The Bertz CT molecular complexity index is 554. The van der Waals surface area contributed by atoms with E-state index in [2.05, 4.69) is 4.98 Å². The Labute approximate surface area is 108 Å². The topological polar surface area (TPSA) is 128 Å². The summed E-state index contributed by atoms with van der Waals surface area (Å²) in [6.45, 7) is 2.03. The van der Waals surface area contributed by atoms with E-state index in [4.69, 9.17) is 10.8 Å². The molecule has 1 atom stereocenters. The molecule has 0 aromatic carbocycles. The summed E-state index contributed by atoms with van der Waals surface area (Å²) in [6.07, 6.45) is 0.240. The summed E-state index contributed by atoms with van der Waals surface area (Å²) < 4.78 is 1.58. The minimum Gasteiger partial charge on any atom is -0.480 e. The molecule has 1 aromatic rings. The van der Waals surface area contributed by atoms with E-state index in [0.717, 1.165) is 0 Å². The fraction of sp³-hybridized carbons (Fsp3) is 0.600. The van der Waals surface area contributed by atoms with Gasteiger partial charge in [-0.25, -0.2) is 0 Å². The summed E-state index contributed by atoms with van der Waals surface area (Å²) in [5, 5.41) is 20.1. The van der Waals surface area contributed by atoms with E-state index >= 15 is 0 Å². The summed E-state index contributed by atoms with van der Waals surface area (Å²) in [5.74, 6) is -0.575. The van der Waals surface area contributed by atoms with Crippen molar-refractivity contribution in [1.29, 1.82) is 0 Å². The zero-order valence-corrected chi connectivity index (χ0v) is 10.7. The van der Waals surface area contributed by atoms with E-state index in [-0.39, 0.29) is 18.8 Å². The Morgan fingerprint density at radius 2 is 2.26 bits per heavy atom. The minimum absolute atomic E-state index is 0.0299. The molecule has 1 aliphatic rings. The van der Waals surface area contributed by atoms with Crippen LogP contribution in [0, 0.1) is 17.0 Å². The van der Waals surface area contributed by atoms with Gasteiger partial charge in [-0.05, 0) is 16.3 Å². The highest BCUT2D eigenvalue weighted by molar-refractivity contribution is 5.81. The van der Waals surface area contributed by atoms with Gasteiger partial charge in [-0.1, -0.05) is 0 Å². The Balaban J connectivity index is 2.39. The molecule has 9 nitrogen and oxygen atoms in total. The smallest absolute Gasteiger partial charge is 0.406 e. The number of aromatic nitrogens is 2. The lowest BCUT2D eigenvalue weighted by molar-refractivity contribution is -0.388. The lowest BCUT2D eigenvalue weighted by atomic mass is 10.0. The molecule has 1 unspecified atom stereocenters. The van der Waals surface area contributed by atoms with Crippen molar-refractivity contribution >= 4 is 17.6 Å². The van der Waals surface area contributed by atoms with Gasteiger partial charge in [0, 0.05) is 27.1 Å². The number of aliphatic carboxylic acids is 1.